The van der Waals surface area contributed by atoms with Crippen molar-refractivity contribution in [3.05, 3.63) is 46.0 Å². The minimum atomic E-state index is -0.294. The Balaban J connectivity index is 1.88. The van der Waals surface area contributed by atoms with E-state index in [0.717, 1.165) is 54.8 Å². The van der Waals surface area contributed by atoms with Gasteiger partial charge < -0.3 is 9.72 Å². The number of likely N-dealkylation sites (tertiary alicyclic amines) is 1. The van der Waals surface area contributed by atoms with Gasteiger partial charge in [0.2, 0.25) is 0 Å². The maximum Gasteiger partial charge on any atom is 0.253 e. The van der Waals surface area contributed by atoms with Crippen molar-refractivity contribution in [2.24, 2.45) is 0 Å². The van der Waals surface area contributed by atoms with Crippen LogP contribution in [0.1, 0.15) is 64.4 Å². The number of fused-ring (bicyclic) bond motifs is 1. The fourth-order valence-electron chi connectivity index (χ4n) is 4.11. The Morgan fingerprint density at radius 3 is 2.67 bits per heavy atom. The summed E-state index contributed by atoms with van der Waals surface area (Å²) >= 11 is 0. The smallest absolute Gasteiger partial charge is 0.253 e. The van der Waals surface area contributed by atoms with Gasteiger partial charge in [0.25, 0.3) is 5.56 Å². The number of nitrogens with zero attached hydrogens (tertiary/aromatic N) is 5. The molecule has 1 fully saturated rings. The summed E-state index contributed by atoms with van der Waals surface area (Å²) in [4.78, 5) is 18.5. The summed E-state index contributed by atoms with van der Waals surface area (Å²) in [5, 5.41) is 13.6. The molecule has 1 atom stereocenters. The maximum absolute atomic E-state index is 13.2. The van der Waals surface area contributed by atoms with Gasteiger partial charge in [-0.25, -0.2) is 4.68 Å². The van der Waals surface area contributed by atoms with E-state index in [-0.39, 0.29) is 17.1 Å². The molecule has 0 amide bonds. The molecule has 3 aromatic rings. The maximum atomic E-state index is 13.2. The van der Waals surface area contributed by atoms with Gasteiger partial charge in [-0.3, -0.25) is 9.69 Å². The number of ether oxygens (including phenoxy) is 1. The molecule has 30 heavy (non-hydrogen) atoms. The van der Waals surface area contributed by atoms with E-state index in [0.29, 0.717) is 12.2 Å². The highest BCUT2D eigenvalue weighted by Crippen LogP contribution is 2.32. The molecule has 1 aliphatic heterocycles. The molecule has 1 N–H and O–H groups in total. The van der Waals surface area contributed by atoms with Gasteiger partial charge in [-0.2, -0.15) is 0 Å². The highest BCUT2D eigenvalue weighted by molar-refractivity contribution is 5.80. The molecule has 4 rings (SSSR count). The Kier molecular flexibility index (Phi) is 5.60. The third kappa shape index (κ3) is 3.71. The minimum Gasteiger partial charge on any atom is -0.494 e. The van der Waals surface area contributed by atoms with E-state index >= 15 is 0 Å². The van der Waals surface area contributed by atoms with Crippen LogP contribution >= 0.6 is 0 Å². The summed E-state index contributed by atoms with van der Waals surface area (Å²) in [6, 6.07) is 7.41. The first-order valence-electron chi connectivity index (χ1n) is 10.8. The molecule has 0 bridgehead atoms. The number of nitrogens with one attached hydrogen (secondary N) is 1. The number of benzene rings is 1. The quantitative estimate of drug-likeness (QED) is 0.643. The molecule has 1 aromatic carbocycles. The molecular formula is C22H30N6O2. The van der Waals surface area contributed by atoms with Crippen molar-refractivity contribution < 1.29 is 4.74 Å². The molecule has 0 radical (unpaired) electrons. The number of aromatic amines is 1. The standard InChI is InChI=1S/C22H30N6O2/c1-5-22(3,4)28-20(24-25-26-28)19(27-11-7-8-12-27)17-14-15-13-16(30-6-2)9-10-18(15)23-21(17)29/h9-10,13-14,19H,5-8,11-12H2,1-4H3,(H,23,29). The molecule has 1 aliphatic rings. The molecule has 3 heterocycles. The third-order valence-corrected chi connectivity index (χ3v) is 6.13. The monoisotopic (exact) mass is 410 g/mol. The van der Waals surface area contributed by atoms with Crippen LogP contribution in [0.2, 0.25) is 0 Å². The number of tetrazole rings is 1. The van der Waals surface area contributed by atoms with Crippen molar-refractivity contribution in [1.29, 1.82) is 0 Å². The van der Waals surface area contributed by atoms with Crippen LogP contribution in [0.25, 0.3) is 10.9 Å². The summed E-state index contributed by atoms with van der Waals surface area (Å²) in [7, 11) is 0. The molecule has 0 saturated carbocycles. The summed E-state index contributed by atoms with van der Waals surface area (Å²) in [5.41, 5.74) is 1.11. The lowest BCUT2D eigenvalue weighted by Gasteiger charge is -2.30. The first-order chi connectivity index (χ1) is 14.4. The number of H-pyrrole nitrogens is 1. The predicted molar refractivity (Wildman–Crippen MR) is 116 cm³/mol. The first-order valence-corrected chi connectivity index (χ1v) is 10.8. The molecule has 0 spiro atoms. The number of aromatic nitrogens is 5. The van der Waals surface area contributed by atoms with Gasteiger partial charge in [0.1, 0.15) is 11.8 Å². The average molecular weight is 411 g/mol. The van der Waals surface area contributed by atoms with Crippen LogP contribution in [0, 0.1) is 0 Å². The van der Waals surface area contributed by atoms with Crippen LogP contribution < -0.4 is 10.3 Å². The van der Waals surface area contributed by atoms with Gasteiger partial charge in [0.15, 0.2) is 5.82 Å². The SMILES string of the molecule is CCOc1ccc2[nH]c(=O)c(C(c3nnnn3C(C)(C)CC)N3CCCC3)cc2c1. The van der Waals surface area contributed by atoms with Crippen LogP contribution in [0.4, 0.5) is 0 Å². The van der Waals surface area contributed by atoms with Crippen molar-refractivity contribution in [2.75, 3.05) is 19.7 Å². The second kappa shape index (κ2) is 8.18. The summed E-state index contributed by atoms with van der Waals surface area (Å²) in [6.45, 7) is 10.7. The van der Waals surface area contributed by atoms with Crippen LogP contribution in [0.3, 0.4) is 0 Å². The topological polar surface area (TPSA) is 88.9 Å². The fourth-order valence-corrected chi connectivity index (χ4v) is 4.11. The summed E-state index contributed by atoms with van der Waals surface area (Å²) in [5.74, 6) is 1.51. The van der Waals surface area contributed by atoms with E-state index in [1.54, 1.807) is 0 Å². The predicted octanol–water partition coefficient (Wildman–Crippen LogP) is 3.24. The van der Waals surface area contributed by atoms with Gasteiger partial charge in [-0.05, 0) is 87.8 Å². The molecule has 2 aromatic heterocycles. The van der Waals surface area contributed by atoms with Crippen LogP contribution in [0.15, 0.2) is 29.1 Å². The lowest BCUT2D eigenvalue weighted by atomic mass is 9.99. The average Bonchev–Trinajstić information content (AvgIpc) is 3.42. The Hall–Kier alpha value is -2.74. The van der Waals surface area contributed by atoms with Gasteiger partial charge in [-0.15, -0.1) is 5.10 Å². The molecule has 8 heteroatoms. The molecule has 160 valence electrons. The van der Waals surface area contributed by atoms with E-state index in [1.807, 2.05) is 35.9 Å². The van der Waals surface area contributed by atoms with Crippen molar-refractivity contribution in [3.63, 3.8) is 0 Å². The van der Waals surface area contributed by atoms with Gasteiger partial charge >= 0.3 is 0 Å². The van der Waals surface area contributed by atoms with Gasteiger partial charge in [0.05, 0.1) is 12.1 Å². The fraction of sp³-hybridized carbons (Fsp3) is 0.545. The van der Waals surface area contributed by atoms with Crippen molar-refractivity contribution >= 4 is 10.9 Å². The molecule has 1 saturated heterocycles. The van der Waals surface area contributed by atoms with E-state index in [9.17, 15) is 4.79 Å². The molecular weight excluding hydrogens is 380 g/mol. The van der Waals surface area contributed by atoms with E-state index < -0.39 is 0 Å². The summed E-state index contributed by atoms with van der Waals surface area (Å²) in [6.07, 6.45) is 3.09. The van der Waals surface area contributed by atoms with E-state index in [2.05, 4.69) is 46.2 Å². The second-order valence-electron chi connectivity index (χ2n) is 8.50. The Bertz CT molecular complexity index is 1080. The molecule has 8 nitrogen and oxygen atoms in total. The first kappa shape index (κ1) is 20.5. The molecule has 1 unspecified atom stereocenters. The van der Waals surface area contributed by atoms with Crippen LogP contribution in [-0.2, 0) is 5.54 Å². The number of hydrogen-bond donors (Lipinski definition) is 1. The summed E-state index contributed by atoms with van der Waals surface area (Å²) < 4.78 is 7.54. The molecule has 0 aliphatic carbocycles. The van der Waals surface area contributed by atoms with Crippen molar-refractivity contribution in [1.82, 2.24) is 30.1 Å². The van der Waals surface area contributed by atoms with Gasteiger partial charge in [-0.1, -0.05) is 6.92 Å². The lowest BCUT2D eigenvalue weighted by Crippen LogP contribution is -2.37. The second-order valence-corrected chi connectivity index (χ2v) is 8.50. The number of pyridine rings is 1. The van der Waals surface area contributed by atoms with Crippen LogP contribution in [-0.4, -0.2) is 49.8 Å². The number of rotatable bonds is 7. The Morgan fingerprint density at radius 1 is 1.20 bits per heavy atom. The highest BCUT2D eigenvalue weighted by Gasteiger charge is 2.35. The van der Waals surface area contributed by atoms with Gasteiger partial charge in [0, 0.05) is 16.5 Å². The lowest BCUT2D eigenvalue weighted by molar-refractivity contribution is 0.230. The van der Waals surface area contributed by atoms with Crippen molar-refractivity contribution in [2.45, 2.75) is 58.5 Å². The minimum absolute atomic E-state index is 0.104. The van der Waals surface area contributed by atoms with E-state index in [1.165, 1.54) is 0 Å². The van der Waals surface area contributed by atoms with Crippen LogP contribution in [0.5, 0.6) is 5.75 Å². The normalized spacial score (nSPS) is 16.3. The Morgan fingerprint density at radius 2 is 1.97 bits per heavy atom. The third-order valence-electron chi connectivity index (χ3n) is 6.13. The largest absolute Gasteiger partial charge is 0.494 e. The van der Waals surface area contributed by atoms with E-state index in [4.69, 9.17) is 4.74 Å². The Labute approximate surface area is 176 Å². The van der Waals surface area contributed by atoms with Crippen molar-refractivity contribution in [3.8, 4) is 5.75 Å². The zero-order valence-corrected chi connectivity index (χ0v) is 18.2. The highest BCUT2D eigenvalue weighted by atomic mass is 16.5. The zero-order valence-electron chi connectivity index (χ0n) is 18.2. The zero-order chi connectivity index (χ0) is 21.3. The number of hydrogen-bond acceptors (Lipinski definition) is 6.